The van der Waals surface area contributed by atoms with Crippen LogP contribution in [0.5, 0.6) is 5.75 Å². The van der Waals surface area contributed by atoms with Gasteiger partial charge in [0.15, 0.2) is 0 Å². The van der Waals surface area contributed by atoms with Gasteiger partial charge in [0.25, 0.3) is 5.91 Å². The Balaban J connectivity index is 1.46. The van der Waals surface area contributed by atoms with Gasteiger partial charge in [0.05, 0.1) is 24.6 Å². The third-order valence-corrected chi connectivity index (χ3v) is 4.92. The van der Waals surface area contributed by atoms with Gasteiger partial charge in [-0.2, -0.15) is 0 Å². The van der Waals surface area contributed by atoms with Crippen molar-refractivity contribution in [2.75, 3.05) is 25.5 Å². The lowest BCUT2D eigenvalue weighted by atomic mass is 9.94. The molecule has 0 saturated carbocycles. The topological polar surface area (TPSA) is 80.5 Å². The molecule has 1 aliphatic rings. The Bertz CT molecular complexity index is 925. The van der Waals surface area contributed by atoms with Crippen LogP contribution in [0.25, 0.3) is 0 Å². The number of amides is 1. The molecule has 1 saturated heterocycles. The zero-order valence-electron chi connectivity index (χ0n) is 15.7. The maximum Gasteiger partial charge on any atom is 0.257 e. The second-order valence-corrected chi connectivity index (χ2v) is 6.76. The Morgan fingerprint density at radius 1 is 1.25 bits per heavy atom. The fraction of sp³-hybridized carbons (Fsp3) is 0.286. The van der Waals surface area contributed by atoms with Crippen LogP contribution >= 0.6 is 0 Å². The first-order valence-corrected chi connectivity index (χ1v) is 9.28. The van der Waals surface area contributed by atoms with E-state index in [0.29, 0.717) is 18.1 Å². The highest BCUT2D eigenvalue weighted by Crippen LogP contribution is 2.27. The lowest BCUT2D eigenvalue weighted by molar-refractivity contribution is 0.0705. The fourth-order valence-corrected chi connectivity index (χ4v) is 3.44. The predicted octanol–water partition coefficient (Wildman–Crippen LogP) is 3.84. The summed E-state index contributed by atoms with van der Waals surface area (Å²) in [7, 11) is 1.64. The van der Waals surface area contributed by atoms with Crippen LogP contribution < -0.4 is 10.1 Å². The Kier molecular flexibility index (Phi) is 5.23. The van der Waals surface area contributed by atoms with Crippen LogP contribution in [0, 0.1) is 0 Å². The van der Waals surface area contributed by atoms with E-state index in [4.69, 9.17) is 9.15 Å². The number of carbonyl (C=O) groups is 1. The number of rotatable bonds is 5. The molecule has 1 aliphatic heterocycles. The van der Waals surface area contributed by atoms with E-state index in [2.05, 4.69) is 15.3 Å². The van der Waals surface area contributed by atoms with E-state index >= 15 is 0 Å². The smallest absolute Gasteiger partial charge is 0.257 e. The molecule has 7 heteroatoms. The van der Waals surface area contributed by atoms with Crippen molar-refractivity contribution in [2.24, 2.45) is 0 Å². The summed E-state index contributed by atoms with van der Waals surface area (Å²) >= 11 is 0. The van der Waals surface area contributed by atoms with Gasteiger partial charge in [0.2, 0.25) is 5.95 Å². The minimum atomic E-state index is 0.00378. The number of piperidine rings is 1. The number of furan rings is 1. The van der Waals surface area contributed by atoms with Gasteiger partial charge >= 0.3 is 0 Å². The van der Waals surface area contributed by atoms with Gasteiger partial charge in [-0.1, -0.05) is 0 Å². The molecule has 1 aromatic carbocycles. The minimum absolute atomic E-state index is 0.00378. The van der Waals surface area contributed by atoms with E-state index in [1.807, 2.05) is 35.2 Å². The van der Waals surface area contributed by atoms with Crippen molar-refractivity contribution in [3.8, 4) is 5.75 Å². The normalized spacial score (nSPS) is 16.6. The SMILES string of the molecule is COc1ccc(Nc2nccc([C@H]3CCCN(C(=O)c4ccoc4)C3)n2)cc1. The molecule has 0 aliphatic carbocycles. The number of aromatic nitrogens is 2. The third-order valence-electron chi connectivity index (χ3n) is 4.92. The number of anilines is 2. The predicted molar refractivity (Wildman–Crippen MR) is 105 cm³/mol. The zero-order chi connectivity index (χ0) is 19.3. The maximum absolute atomic E-state index is 12.6. The van der Waals surface area contributed by atoms with Crippen LogP contribution in [0.2, 0.25) is 0 Å². The Morgan fingerprint density at radius 2 is 2.11 bits per heavy atom. The summed E-state index contributed by atoms with van der Waals surface area (Å²) in [6, 6.07) is 11.2. The summed E-state index contributed by atoms with van der Waals surface area (Å²) in [6.07, 6.45) is 6.71. The molecule has 0 spiro atoms. The molecule has 3 aromatic rings. The van der Waals surface area contributed by atoms with Crippen molar-refractivity contribution in [3.63, 3.8) is 0 Å². The highest BCUT2D eigenvalue weighted by molar-refractivity contribution is 5.93. The number of benzene rings is 1. The monoisotopic (exact) mass is 378 g/mol. The number of methoxy groups -OCH3 is 1. The zero-order valence-corrected chi connectivity index (χ0v) is 15.7. The average molecular weight is 378 g/mol. The van der Waals surface area contributed by atoms with Crippen LogP contribution in [0.15, 0.2) is 59.5 Å². The van der Waals surface area contributed by atoms with Gasteiger partial charge in [0.1, 0.15) is 12.0 Å². The molecule has 1 atom stereocenters. The maximum atomic E-state index is 12.6. The van der Waals surface area contributed by atoms with E-state index < -0.39 is 0 Å². The van der Waals surface area contributed by atoms with Crippen LogP contribution in [-0.4, -0.2) is 41.0 Å². The summed E-state index contributed by atoms with van der Waals surface area (Å²) in [6.45, 7) is 1.39. The van der Waals surface area contributed by atoms with Gasteiger partial charge in [-0.25, -0.2) is 9.97 Å². The molecule has 0 unspecified atom stereocenters. The number of likely N-dealkylation sites (tertiary alicyclic amines) is 1. The molecule has 28 heavy (non-hydrogen) atoms. The van der Waals surface area contributed by atoms with Crippen LogP contribution in [0.4, 0.5) is 11.6 Å². The average Bonchev–Trinajstić information content (AvgIpc) is 3.29. The molecule has 4 rings (SSSR count). The van der Waals surface area contributed by atoms with Crippen molar-refractivity contribution in [3.05, 3.63) is 66.4 Å². The van der Waals surface area contributed by atoms with Gasteiger partial charge in [-0.05, 0) is 49.2 Å². The third kappa shape index (κ3) is 3.98. The summed E-state index contributed by atoms with van der Waals surface area (Å²) in [4.78, 5) is 23.5. The number of ether oxygens (including phenoxy) is 1. The van der Waals surface area contributed by atoms with Gasteiger partial charge < -0.3 is 19.4 Å². The van der Waals surface area contributed by atoms with E-state index in [-0.39, 0.29) is 11.8 Å². The Morgan fingerprint density at radius 3 is 2.86 bits per heavy atom. The molecular weight excluding hydrogens is 356 g/mol. The summed E-state index contributed by atoms with van der Waals surface area (Å²) < 4.78 is 10.2. The molecule has 1 amide bonds. The highest BCUT2D eigenvalue weighted by Gasteiger charge is 2.27. The lowest BCUT2D eigenvalue weighted by Crippen LogP contribution is -2.39. The molecular formula is C21H22N4O3. The van der Waals surface area contributed by atoms with Crippen LogP contribution in [0.3, 0.4) is 0 Å². The van der Waals surface area contributed by atoms with Gasteiger partial charge in [-0.3, -0.25) is 4.79 Å². The fourth-order valence-electron chi connectivity index (χ4n) is 3.44. The van der Waals surface area contributed by atoms with E-state index in [1.54, 1.807) is 19.4 Å². The molecule has 1 fully saturated rings. The number of nitrogens with zero attached hydrogens (tertiary/aromatic N) is 3. The van der Waals surface area contributed by atoms with E-state index in [0.717, 1.165) is 36.5 Å². The minimum Gasteiger partial charge on any atom is -0.497 e. The molecule has 144 valence electrons. The van der Waals surface area contributed by atoms with Crippen molar-refractivity contribution >= 4 is 17.5 Å². The largest absolute Gasteiger partial charge is 0.497 e. The Hall–Kier alpha value is -3.35. The second-order valence-electron chi connectivity index (χ2n) is 6.76. The standard InChI is InChI=1S/C21H22N4O3/c1-27-18-6-4-17(5-7-18)23-21-22-10-8-19(24-21)15-3-2-11-25(13-15)20(26)16-9-12-28-14-16/h4-10,12,14-15H,2-3,11,13H2,1H3,(H,22,23,24)/t15-/m0/s1. The second kappa shape index (κ2) is 8.12. The number of hydrogen-bond acceptors (Lipinski definition) is 6. The van der Waals surface area contributed by atoms with Crippen molar-refractivity contribution in [2.45, 2.75) is 18.8 Å². The van der Waals surface area contributed by atoms with Gasteiger partial charge in [0, 0.05) is 30.9 Å². The summed E-state index contributed by atoms with van der Waals surface area (Å²) in [5, 5.41) is 3.22. The van der Waals surface area contributed by atoms with Crippen molar-refractivity contribution < 1.29 is 13.9 Å². The number of carbonyl (C=O) groups excluding carboxylic acids is 1. The Labute approximate surface area is 163 Å². The van der Waals surface area contributed by atoms with Crippen LogP contribution in [-0.2, 0) is 0 Å². The number of hydrogen-bond donors (Lipinski definition) is 1. The first kappa shape index (κ1) is 18.0. The lowest BCUT2D eigenvalue weighted by Gasteiger charge is -2.32. The summed E-state index contributed by atoms with van der Waals surface area (Å²) in [5.74, 6) is 1.53. The molecule has 1 N–H and O–H groups in total. The quantitative estimate of drug-likeness (QED) is 0.726. The molecule has 7 nitrogen and oxygen atoms in total. The summed E-state index contributed by atoms with van der Waals surface area (Å²) in [5.41, 5.74) is 2.42. The van der Waals surface area contributed by atoms with E-state index in [1.165, 1.54) is 12.5 Å². The molecule has 0 radical (unpaired) electrons. The molecule has 3 heterocycles. The van der Waals surface area contributed by atoms with Crippen LogP contribution in [0.1, 0.15) is 34.8 Å². The first-order valence-electron chi connectivity index (χ1n) is 9.28. The van der Waals surface area contributed by atoms with E-state index in [9.17, 15) is 4.79 Å². The van der Waals surface area contributed by atoms with Gasteiger partial charge in [-0.15, -0.1) is 0 Å². The highest BCUT2D eigenvalue weighted by atomic mass is 16.5. The molecule has 0 bridgehead atoms. The molecule has 2 aromatic heterocycles. The number of nitrogens with one attached hydrogen (secondary N) is 1. The van der Waals surface area contributed by atoms with Crippen molar-refractivity contribution in [1.29, 1.82) is 0 Å². The van der Waals surface area contributed by atoms with Crippen molar-refractivity contribution in [1.82, 2.24) is 14.9 Å². The first-order chi connectivity index (χ1) is 13.7.